The van der Waals surface area contributed by atoms with E-state index < -0.39 is 0 Å². The largest absolute Gasteiger partial charge is 0.370 e. The molecule has 0 bridgehead atoms. The third-order valence-corrected chi connectivity index (χ3v) is 5.06. The summed E-state index contributed by atoms with van der Waals surface area (Å²) >= 11 is 0. The molecule has 0 amide bonds. The van der Waals surface area contributed by atoms with Crippen LogP contribution in [-0.2, 0) is 26.4 Å². The zero-order valence-corrected chi connectivity index (χ0v) is 15.7. The third kappa shape index (κ3) is 4.03. The normalized spacial score (nSPS) is 14.0. The van der Waals surface area contributed by atoms with Gasteiger partial charge in [-0.1, -0.05) is 30.3 Å². The van der Waals surface area contributed by atoms with Gasteiger partial charge in [-0.25, -0.2) is 4.99 Å². The van der Waals surface area contributed by atoms with Gasteiger partial charge in [0.25, 0.3) is 0 Å². The molecule has 138 valence electrons. The Morgan fingerprint density at radius 1 is 1.15 bits per heavy atom. The number of guanidine groups is 1. The number of nitrogens with two attached hydrogens (primary N) is 1. The standard InChI is InChI=1S/C22H25N5/c1-27-15-19(14-25-27)18-9-4-6-16(12-18)13-24-22(23)26-21-11-5-8-17-7-2-3-10-20(17)21/h4-6,8-9,11-12,14-15H,2-3,7,10,13H2,1H3,(H3,23,24,26). The summed E-state index contributed by atoms with van der Waals surface area (Å²) in [5, 5.41) is 7.54. The van der Waals surface area contributed by atoms with Crippen LogP contribution in [0.15, 0.2) is 59.9 Å². The van der Waals surface area contributed by atoms with Crippen LogP contribution >= 0.6 is 0 Å². The van der Waals surface area contributed by atoms with Crippen LogP contribution in [0.2, 0.25) is 0 Å². The Morgan fingerprint density at radius 3 is 2.85 bits per heavy atom. The number of hydrogen-bond donors (Lipinski definition) is 2. The maximum Gasteiger partial charge on any atom is 0.193 e. The van der Waals surface area contributed by atoms with E-state index in [1.54, 1.807) is 0 Å². The predicted molar refractivity (Wildman–Crippen MR) is 111 cm³/mol. The second kappa shape index (κ2) is 7.66. The first-order chi connectivity index (χ1) is 13.2. The Balaban J connectivity index is 1.47. The van der Waals surface area contributed by atoms with Crippen LogP contribution in [0, 0.1) is 0 Å². The Bertz CT molecular complexity index is 970. The summed E-state index contributed by atoms with van der Waals surface area (Å²) in [5.41, 5.74) is 13.4. The molecule has 1 heterocycles. The molecule has 0 radical (unpaired) electrons. The fourth-order valence-corrected chi connectivity index (χ4v) is 3.67. The van der Waals surface area contributed by atoms with Gasteiger partial charge in [0.2, 0.25) is 0 Å². The first-order valence-electron chi connectivity index (χ1n) is 9.45. The summed E-state index contributed by atoms with van der Waals surface area (Å²) in [6.45, 7) is 0.544. The lowest BCUT2D eigenvalue weighted by Gasteiger charge is -2.19. The monoisotopic (exact) mass is 359 g/mol. The molecule has 2 aromatic carbocycles. The molecule has 0 atom stereocenters. The number of fused-ring (bicyclic) bond motifs is 1. The minimum Gasteiger partial charge on any atom is -0.370 e. The van der Waals surface area contributed by atoms with Gasteiger partial charge in [-0.05, 0) is 60.1 Å². The molecule has 5 nitrogen and oxygen atoms in total. The van der Waals surface area contributed by atoms with Gasteiger partial charge in [-0.15, -0.1) is 0 Å². The minimum atomic E-state index is 0.459. The van der Waals surface area contributed by atoms with E-state index in [9.17, 15) is 0 Å². The lowest BCUT2D eigenvalue weighted by molar-refractivity contribution is 0.687. The number of nitrogens with zero attached hydrogens (tertiary/aromatic N) is 3. The van der Waals surface area contributed by atoms with Crippen molar-refractivity contribution in [1.29, 1.82) is 0 Å². The Hall–Kier alpha value is -3.08. The van der Waals surface area contributed by atoms with E-state index in [0.29, 0.717) is 12.5 Å². The number of rotatable bonds is 4. The molecule has 0 spiro atoms. The molecule has 0 saturated carbocycles. The molecule has 3 N–H and O–H groups in total. The summed E-state index contributed by atoms with van der Waals surface area (Å²) in [5.74, 6) is 0.459. The zero-order chi connectivity index (χ0) is 18.6. The van der Waals surface area contributed by atoms with E-state index >= 15 is 0 Å². The van der Waals surface area contributed by atoms with Crippen molar-refractivity contribution in [3.05, 3.63) is 71.5 Å². The van der Waals surface area contributed by atoms with Gasteiger partial charge in [-0.3, -0.25) is 4.68 Å². The van der Waals surface area contributed by atoms with Gasteiger partial charge in [0, 0.05) is 24.5 Å². The Morgan fingerprint density at radius 2 is 2.00 bits per heavy atom. The van der Waals surface area contributed by atoms with Gasteiger partial charge in [0.15, 0.2) is 5.96 Å². The number of anilines is 1. The van der Waals surface area contributed by atoms with E-state index in [0.717, 1.165) is 35.2 Å². The van der Waals surface area contributed by atoms with Crippen molar-refractivity contribution in [3.8, 4) is 11.1 Å². The average Bonchev–Trinajstić information content (AvgIpc) is 3.13. The highest BCUT2D eigenvalue weighted by Crippen LogP contribution is 2.27. The van der Waals surface area contributed by atoms with Gasteiger partial charge in [0.1, 0.15) is 0 Å². The number of nitrogens with one attached hydrogen (secondary N) is 1. The molecule has 1 aliphatic carbocycles. The van der Waals surface area contributed by atoms with Crippen molar-refractivity contribution < 1.29 is 0 Å². The number of aryl methyl sites for hydroxylation is 2. The highest BCUT2D eigenvalue weighted by molar-refractivity contribution is 5.93. The van der Waals surface area contributed by atoms with Gasteiger partial charge >= 0.3 is 0 Å². The van der Waals surface area contributed by atoms with Crippen molar-refractivity contribution in [3.63, 3.8) is 0 Å². The predicted octanol–water partition coefficient (Wildman–Crippen LogP) is 3.89. The Kier molecular flexibility index (Phi) is 4.92. The molecular weight excluding hydrogens is 334 g/mol. The lowest BCUT2D eigenvalue weighted by atomic mass is 9.90. The molecule has 0 aliphatic heterocycles. The number of aliphatic imine (C=N–C) groups is 1. The minimum absolute atomic E-state index is 0.459. The quantitative estimate of drug-likeness (QED) is 0.548. The molecule has 1 aliphatic rings. The lowest BCUT2D eigenvalue weighted by Crippen LogP contribution is -2.24. The van der Waals surface area contributed by atoms with Gasteiger partial charge < -0.3 is 11.1 Å². The smallest absolute Gasteiger partial charge is 0.193 e. The SMILES string of the molecule is Cn1cc(-c2cccc(CN=C(N)Nc3cccc4c3CCCC4)c2)cn1. The number of hydrogen-bond acceptors (Lipinski definition) is 2. The van der Waals surface area contributed by atoms with E-state index in [2.05, 4.69) is 51.8 Å². The molecule has 4 rings (SSSR count). The van der Waals surface area contributed by atoms with E-state index in [-0.39, 0.29) is 0 Å². The fourth-order valence-electron chi connectivity index (χ4n) is 3.67. The Labute approximate surface area is 159 Å². The molecule has 5 heteroatoms. The van der Waals surface area contributed by atoms with E-state index in [4.69, 9.17) is 5.73 Å². The van der Waals surface area contributed by atoms with Crippen LogP contribution in [0.1, 0.15) is 29.5 Å². The van der Waals surface area contributed by atoms with Crippen LogP contribution in [0.5, 0.6) is 0 Å². The van der Waals surface area contributed by atoms with Crippen molar-refractivity contribution >= 4 is 11.6 Å². The van der Waals surface area contributed by atoms with Crippen LogP contribution in [-0.4, -0.2) is 15.7 Å². The van der Waals surface area contributed by atoms with Crippen molar-refractivity contribution in [2.45, 2.75) is 32.2 Å². The molecule has 3 aromatic rings. The molecule has 0 fully saturated rings. The number of aromatic nitrogens is 2. The average molecular weight is 359 g/mol. The van der Waals surface area contributed by atoms with Crippen LogP contribution in [0.4, 0.5) is 5.69 Å². The third-order valence-electron chi connectivity index (χ3n) is 5.06. The number of benzene rings is 2. The van der Waals surface area contributed by atoms with Crippen molar-refractivity contribution in [1.82, 2.24) is 9.78 Å². The summed E-state index contributed by atoms with van der Waals surface area (Å²) in [7, 11) is 1.92. The first-order valence-corrected chi connectivity index (χ1v) is 9.45. The molecular formula is C22H25N5. The van der Waals surface area contributed by atoms with Crippen molar-refractivity contribution in [2.24, 2.45) is 17.8 Å². The van der Waals surface area contributed by atoms with Gasteiger partial charge in [-0.2, -0.15) is 5.10 Å². The maximum atomic E-state index is 6.16. The summed E-state index contributed by atoms with van der Waals surface area (Å²) in [6.07, 6.45) is 8.66. The van der Waals surface area contributed by atoms with Crippen LogP contribution in [0.3, 0.4) is 0 Å². The van der Waals surface area contributed by atoms with Crippen molar-refractivity contribution in [2.75, 3.05) is 5.32 Å². The zero-order valence-electron chi connectivity index (χ0n) is 15.7. The molecule has 0 saturated heterocycles. The molecule has 1 aromatic heterocycles. The topological polar surface area (TPSA) is 68.2 Å². The van der Waals surface area contributed by atoms with Crippen LogP contribution in [0.25, 0.3) is 11.1 Å². The highest BCUT2D eigenvalue weighted by Gasteiger charge is 2.13. The van der Waals surface area contributed by atoms with E-state index in [1.165, 1.54) is 24.0 Å². The summed E-state index contributed by atoms with van der Waals surface area (Å²) in [4.78, 5) is 4.54. The summed E-state index contributed by atoms with van der Waals surface area (Å²) < 4.78 is 1.81. The maximum absolute atomic E-state index is 6.16. The van der Waals surface area contributed by atoms with Gasteiger partial charge in [0.05, 0.1) is 12.7 Å². The second-order valence-corrected chi connectivity index (χ2v) is 7.08. The van der Waals surface area contributed by atoms with E-state index in [1.807, 2.05) is 30.2 Å². The fraction of sp³-hybridized carbons (Fsp3) is 0.273. The molecule has 0 unspecified atom stereocenters. The second-order valence-electron chi connectivity index (χ2n) is 7.08. The van der Waals surface area contributed by atoms with Crippen LogP contribution < -0.4 is 11.1 Å². The highest BCUT2D eigenvalue weighted by atomic mass is 15.2. The molecule has 27 heavy (non-hydrogen) atoms. The summed E-state index contributed by atoms with van der Waals surface area (Å²) in [6, 6.07) is 14.7. The first kappa shape index (κ1) is 17.3.